The Balaban J connectivity index is 1.39. The monoisotopic (exact) mass is 541 g/mol. The number of benzene rings is 6. The number of hydrogen-bond donors (Lipinski definition) is 0. The van der Waals surface area contributed by atoms with E-state index in [2.05, 4.69) is 122 Å². The molecule has 0 aliphatic heterocycles. The highest BCUT2D eigenvalue weighted by Crippen LogP contribution is 2.55. The van der Waals surface area contributed by atoms with Crippen LogP contribution in [0.4, 0.5) is 17.1 Å². The fourth-order valence-corrected chi connectivity index (χ4v) is 7.13. The predicted octanol–water partition coefficient (Wildman–Crippen LogP) is 11.3. The van der Waals surface area contributed by atoms with Gasteiger partial charge in [0.25, 0.3) is 0 Å². The van der Waals surface area contributed by atoms with E-state index in [0.29, 0.717) is 0 Å². The lowest BCUT2D eigenvalue weighted by atomic mass is 9.82. The van der Waals surface area contributed by atoms with E-state index in [1.54, 1.807) is 0 Å². The maximum Gasteiger partial charge on any atom is 0.137 e. The number of fused-ring (bicyclic) bond motifs is 9. The molecule has 0 spiro atoms. The molecule has 3 nitrogen and oxygen atoms in total. The van der Waals surface area contributed by atoms with Crippen LogP contribution in [0.2, 0.25) is 0 Å². The molecule has 2 heterocycles. The zero-order valence-corrected chi connectivity index (χ0v) is 23.4. The second-order valence-electron chi connectivity index (χ2n) is 11.7. The SMILES string of the molecule is CC1(C)c2ccccc2-c2c(N(c3ccc4c(c3)oc3ccccc34)c3cccc4oc5ccccc5c34)cccc21. The molecule has 0 atom stereocenters. The third-order valence-corrected chi connectivity index (χ3v) is 9.07. The summed E-state index contributed by atoms with van der Waals surface area (Å²) in [6.45, 7) is 4.66. The zero-order chi connectivity index (χ0) is 28.0. The molecule has 0 fully saturated rings. The van der Waals surface area contributed by atoms with E-state index in [4.69, 9.17) is 8.83 Å². The minimum atomic E-state index is -0.107. The molecule has 0 bridgehead atoms. The summed E-state index contributed by atoms with van der Waals surface area (Å²) in [6, 6.07) is 45.1. The Labute approximate surface area is 243 Å². The van der Waals surface area contributed by atoms with Crippen LogP contribution in [0.1, 0.15) is 25.0 Å². The number of furan rings is 2. The first kappa shape index (κ1) is 23.4. The summed E-state index contributed by atoms with van der Waals surface area (Å²) < 4.78 is 12.8. The number of nitrogens with zero attached hydrogens (tertiary/aromatic N) is 1. The molecule has 0 N–H and O–H groups in total. The van der Waals surface area contributed by atoms with Crippen LogP contribution in [0.3, 0.4) is 0 Å². The maximum absolute atomic E-state index is 6.39. The van der Waals surface area contributed by atoms with Crippen molar-refractivity contribution in [2.24, 2.45) is 0 Å². The Morgan fingerprint density at radius 3 is 2.00 bits per heavy atom. The van der Waals surface area contributed by atoms with Crippen molar-refractivity contribution in [3.63, 3.8) is 0 Å². The van der Waals surface area contributed by atoms with Crippen molar-refractivity contribution in [2.75, 3.05) is 4.90 Å². The Morgan fingerprint density at radius 2 is 1.12 bits per heavy atom. The Morgan fingerprint density at radius 1 is 0.500 bits per heavy atom. The number of hydrogen-bond acceptors (Lipinski definition) is 3. The predicted molar refractivity (Wildman–Crippen MR) is 173 cm³/mol. The van der Waals surface area contributed by atoms with Crippen LogP contribution >= 0.6 is 0 Å². The summed E-state index contributed by atoms with van der Waals surface area (Å²) in [7, 11) is 0. The lowest BCUT2D eigenvalue weighted by Crippen LogP contribution is -2.16. The van der Waals surface area contributed by atoms with Crippen LogP contribution in [0, 0.1) is 0 Å². The van der Waals surface area contributed by atoms with Crippen LogP contribution in [0.25, 0.3) is 55.0 Å². The second kappa shape index (κ2) is 8.37. The van der Waals surface area contributed by atoms with Crippen molar-refractivity contribution in [3.05, 3.63) is 139 Å². The van der Waals surface area contributed by atoms with E-state index in [1.165, 1.54) is 22.3 Å². The maximum atomic E-state index is 6.39. The Hall–Kier alpha value is -5.28. The zero-order valence-electron chi connectivity index (χ0n) is 23.4. The minimum Gasteiger partial charge on any atom is -0.456 e. The summed E-state index contributed by atoms with van der Waals surface area (Å²) >= 11 is 0. The summed E-state index contributed by atoms with van der Waals surface area (Å²) in [6.07, 6.45) is 0. The molecule has 0 amide bonds. The smallest absolute Gasteiger partial charge is 0.137 e. The Bertz CT molecular complexity index is 2350. The average molecular weight is 542 g/mol. The molecular weight excluding hydrogens is 514 g/mol. The first-order chi connectivity index (χ1) is 20.6. The van der Waals surface area contributed by atoms with Gasteiger partial charge in [-0.3, -0.25) is 0 Å². The lowest BCUT2D eigenvalue weighted by molar-refractivity contribution is 0.660. The van der Waals surface area contributed by atoms with Gasteiger partial charge >= 0.3 is 0 Å². The van der Waals surface area contributed by atoms with Crippen molar-refractivity contribution in [2.45, 2.75) is 19.3 Å². The fourth-order valence-electron chi connectivity index (χ4n) is 7.13. The van der Waals surface area contributed by atoms with Gasteiger partial charge in [0.1, 0.15) is 22.3 Å². The average Bonchev–Trinajstić information content (AvgIpc) is 3.66. The van der Waals surface area contributed by atoms with Gasteiger partial charge in [-0.25, -0.2) is 0 Å². The van der Waals surface area contributed by atoms with Gasteiger partial charge in [0.15, 0.2) is 0 Å². The van der Waals surface area contributed by atoms with Gasteiger partial charge in [-0.05, 0) is 59.2 Å². The summed E-state index contributed by atoms with van der Waals surface area (Å²) in [5, 5.41) is 4.45. The quantitative estimate of drug-likeness (QED) is 0.223. The van der Waals surface area contributed by atoms with Gasteiger partial charge < -0.3 is 13.7 Å². The first-order valence-electron chi connectivity index (χ1n) is 14.4. The normalized spacial score (nSPS) is 13.7. The van der Waals surface area contributed by atoms with E-state index in [1.807, 2.05) is 24.3 Å². The van der Waals surface area contributed by atoms with Gasteiger partial charge in [-0.2, -0.15) is 0 Å². The molecule has 1 aliphatic carbocycles. The van der Waals surface area contributed by atoms with Crippen molar-refractivity contribution >= 4 is 60.9 Å². The molecule has 0 unspecified atom stereocenters. The molecule has 0 saturated heterocycles. The largest absolute Gasteiger partial charge is 0.456 e. The number of rotatable bonds is 3. The van der Waals surface area contributed by atoms with Crippen LogP contribution in [-0.4, -0.2) is 0 Å². The van der Waals surface area contributed by atoms with Gasteiger partial charge in [-0.15, -0.1) is 0 Å². The summed E-state index contributed by atoms with van der Waals surface area (Å²) in [4.78, 5) is 2.40. The lowest BCUT2D eigenvalue weighted by Gasteiger charge is -2.29. The standard InChI is InChI=1S/C39H27NO2/c1-39(2)29-14-6-3-12-27(29)37-30(39)15-9-16-31(37)40(24-21-22-26-25-11-4-7-18-33(25)42-36(26)23-24)32-17-10-20-35-38(32)28-13-5-8-19-34(28)41-35/h3-23H,1-2H3. The van der Waals surface area contributed by atoms with Crippen molar-refractivity contribution in [3.8, 4) is 11.1 Å². The Kier molecular flexibility index (Phi) is 4.67. The highest BCUT2D eigenvalue weighted by molar-refractivity contribution is 6.14. The van der Waals surface area contributed by atoms with Crippen LogP contribution in [-0.2, 0) is 5.41 Å². The molecule has 200 valence electrons. The summed E-state index contributed by atoms with van der Waals surface area (Å²) in [5.74, 6) is 0. The molecule has 42 heavy (non-hydrogen) atoms. The highest BCUT2D eigenvalue weighted by Gasteiger charge is 2.38. The van der Waals surface area contributed by atoms with Crippen LogP contribution < -0.4 is 4.90 Å². The molecule has 8 aromatic rings. The second-order valence-corrected chi connectivity index (χ2v) is 11.7. The molecule has 0 saturated carbocycles. The van der Waals surface area contributed by atoms with Crippen LogP contribution in [0.5, 0.6) is 0 Å². The molecule has 1 aliphatic rings. The topological polar surface area (TPSA) is 29.5 Å². The fraction of sp³-hybridized carbons (Fsp3) is 0.0769. The van der Waals surface area contributed by atoms with E-state index < -0.39 is 0 Å². The van der Waals surface area contributed by atoms with Gasteiger partial charge in [0.2, 0.25) is 0 Å². The van der Waals surface area contributed by atoms with E-state index in [9.17, 15) is 0 Å². The first-order valence-corrected chi connectivity index (χ1v) is 14.4. The van der Waals surface area contributed by atoms with Crippen LogP contribution in [0.15, 0.2) is 136 Å². The third-order valence-electron chi connectivity index (χ3n) is 9.07. The number of anilines is 3. The van der Waals surface area contributed by atoms with Gasteiger partial charge in [-0.1, -0.05) is 92.7 Å². The van der Waals surface area contributed by atoms with E-state index in [0.717, 1.165) is 60.9 Å². The van der Waals surface area contributed by atoms with Gasteiger partial charge in [0, 0.05) is 38.9 Å². The van der Waals surface area contributed by atoms with Gasteiger partial charge in [0.05, 0.1) is 16.8 Å². The molecule has 3 heteroatoms. The van der Waals surface area contributed by atoms with E-state index in [-0.39, 0.29) is 5.41 Å². The molecule has 0 radical (unpaired) electrons. The third kappa shape index (κ3) is 3.11. The molecule has 2 aromatic heterocycles. The molecular formula is C39H27NO2. The highest BCUT2D eigenvalue weighted by atomic mass is 16.3. The van der Waals surface area contributed by atoms with Crippen molar-refractivity contribution < 1.29 is 8.83 Å². The van der Waals surface area contributed by atoms with Crippen molar-refractivity contribution in [1.29, 1.82) is 0 Å². The minimum absolute atomic E-state index is 0.107. The summed E-state index contributed by atoms with van der Waals surface area (Å²) in [5.41, 5.74) is 11.9. The van der Waals surface area contributed by atoms with Crippen molar-refractivity contribution in [1.82, 2.24) is 0 Å². The molecule has 9 rings (SSSR count). The molecule has 6 aromatic carbocycles. The van der Waals surface area contributed by atoms with E-state index >= 15 is 0 Å². The number of para-hydroxylation sites is 2.